The molecule has 5 nitrogen and oxygen atoms in total. The molecule has 1 aromatic carbocycles. The van der Waals surface area contributed by atoms with E-state index in [4.69, 9.17) is 4.42 Å². The van der Waals surface area contributed by atoms with Crippen LogP contribution in [0.25, 0.3) is 0 Å². The van der Waals surface area contributed by atoms with Gasteiger partial charge in [0.2, 0.25) is 0 Å². The number of thiazole rings is 1. The third kappa shape index (κ3) is 4.10. The van der Waals surface area contributed by atoms with E-state index in [-0.39, 0.29) is 11.9 Å². The minimum Gasteiger partial charge on any atom is -0.459 e. The SMILES string of the molecule is Cc1ncc([C@H](C)NCc2cccc(NC(=O)c3ccco3)c2)s1. The summed E-state index contributed by atoms with van der Waals surface area (Å²) in [6.07, 6.45) is 3.40. The summed E-state index contributed by atoms with van der Waals surface area (Å²) < 4.78 is 5.10. The maximum Gasteiger partial charge on any atom is 0.291 e. The Hall–Kier alpha value is -2.44. The molecule has 0 saturated carbocycles. The average molecular weight is 341 g/mol. The molecule has 2 aromatic heterocycles. The normalized spacial score (nSPS) is 12.1. The fourth-order valence-electron chi connectivity index (χ4n) is 2.31. The minimum absolute atomic E-state index is 0.234. The van der Waals surface area contributed by atoms with Crippen LogP contribution in [0.1, 0.15) is 39.0 Å². The first-order valence-corrected chi connectivity index (χ1v) is 8.53. The van der Waals surface area contributed by atoms with Crippen LogP contribution in [0.2, 0.25) is 0 Å². The molecule has 0 bridgehead atoms. The predicted octanol–water partition coefficient (Wildman–Crippen LogP) is 4.15. The van der Waals surface area contributed by atoms with Gasteiger partial charge >= 0.3 is 0 Å². The van der Waals surface area contributed by atoms with E-state index in [2.05, 4.69) is 22.5 Å². The number of hydrogen-bond donors (Lipinski definition) is 2. The number of carbonyl (C=O) groups is 1. The molecular formula is C18H19N3O2S. The summed E-state index contributed by atoms with van der Waals surface area (Å²) in [6, 6.07) is 11.3. The fourth-order valence-corrected chi connectivity index (χ4v) is 3.12. The molecule has 6 heteroatoms. The van der Waals surface area contributed by atoms with Crippen LogP contribution >= 0.6 is 11.3 Å². The van der Waals surface area contributed by atoms with Gasteiger partial charge in [-0.1, -0.05) is 12.1 Å². The number of rotatable bonds is 6. The van der Waals surface area contributed by atoms with Crippen LogP contribution in [-0.4, -0.2) is 10.9 Å². The molecule has 0 fully saturated rings. The second-order valence-electron chi connectivity index (χ2n) is 5.52. The van der Waals surface area contributed by atoms with E-state index in [0.717, 1.165) is 16.3 Å². The highest BCUT2D eigenvalue weighted by atomic mass is 32.1. The van der Waals surface area contributed by atoms with Crippen molar-refractivity contribution in [1.29, 1.82) is 0 Å². The van der Waals surface area contributed by atoms with Gasteiger partial charge in [0.1, 0.15) is 0 Å². The number of benzene rings is 1. The Morgan fingerprint density at radius 2 is 2.21 bits per heavy atom. The molecule has 1 amide bonds. The van der Waals surface area contributed by atoms with Gasteiger partial charge in [0.05, 0.1) is 11.3 Å². The number of furan rings is 1. The third-order valence-electron chi connectivity index (χ3n) is 3.61. The zero-order valence-electron chi connectivity index (χ0n) is 13.6. The third-order valence-corrected chi connectivity index (χ3v) is 4.70. The summed E-state index contributed by atoms with van der Waals surface area (Å²) in [7, 11) is 0. The number of amides is 1. The van der Waals surface area contributed by atoms with Crippen LogP contribution in [0.4, 0.5) is 5.69 Å². The molecule has 0 saturated heterocycles. The summed E-state index contributed by atoms with van der Waals surface area (Å²) in [6.45, 7) is 4.84. The summed E-state index contributed by atoms with van der Waals surface area (Å²) in [5.74, 6) is 0.0475. The van der Waals surface area contributed by atoms with Crippen molar-refractivity contribution in [1.82, 2.24) is 10.3 Å². The molecule has 3 aromatic rings. The monoisotopic (exact) mass is 341 g/mol. The molecule has 0 radical (unpaired) electrons. The largest absolute Gasteiger partial charge is 0.459 e. The van der Waals surface area contributed by atoms with Crippen LogP contribution < -0.4 is 10.6 Å². The van der Waals surface area contributed by atoms with Crippen molar-refractivity contribution in [3.63, 3.8) is 0 Å². The molecule has 0 aliphatic heterocycles. The molecule has 3 rings (SSSR count). The van der Waals surface area contributed by atoms with Gasteiger partial charge in [0.25, 0.3) is 5.91 Å². The molecule has 24 heavy (non-hydrogen) atoms. The van der Waals surface area contributed by atoms with E-state index in [1.54, 1.807) is 23.5 Å². The lowest BCUT2D eigenvalue weighted by molar-refractivity contribution is 0.0996. The molecule has 2 heterocycles. The maximum atomic E-state index is 12.0. The van der Waals surface area contributed by atoms with Crippen molar-refractivity contribution in [3.05, 3.63) is 70.1 Å². The molecule has 0 aliphatic rings. The Morgan fingerprint density at radius 3 is 2.92 bits per heavy atom. The Labute approximate surface area is 144 Å². The standard InChI is InChI=1S/C18H19N3O2S/c1-12(17-11-20-13(2)24-17)19-10-14-5-3-6-15(9-14)21-18(22)16-7-4-8-23-16/h3-9,11-12,19H,10H2,1-2H3,(H,21,22)/t12-/m0/s1. The van der Waals surface area contributed by atoms with E-state index in [9.17, 15) is 4.79 Å². The lowest BCUT2D eigenvalue weighted by Gasteiger charge is -2.12. The Morgan fingerprint density at radius 1 is 1.33 bits per heavy atom. The number of carbonyl (C=O) groups excluding carboxylic acids is 1. The first-order valence-electron chi connectivity index (χ1n) is 7.71. The Bertz CT molecular complexity index is 811. The number of hydrogen-bond acceptors (Lipinski definition) is 5. The number of aryl methyl sites for hydroxylation is 1. The first kappa shape index (κ1) is 16.4. The molecule has 124 valence electrons. The van der Waals surface area contributed by atoms with Crippen LogP contribution in [0.15, 0.2) is 53.3 Å². The Kier molecular flexibility index (Phi) is 5.08. The topological polar surface area (TPSA) is 67.2 Å². The van der Waals surface area contributed by atoms with Gasteiger partial charge in [-0.3, -0.25) is 4.79 Å². The van der Waals surface area contributed by atoms with Crippen molar-refractivity contribution in [3.8, 4) is 0 Å². The molecule has 0 unspecified atom stereocenters. The van der Waals surface area contributed by atoms with Crippen molar-refractivity contribution < 1.29 is 9.21 Å². The highest BCUT2D eigenvalue weighted by molar-refractivity contribution is 7.11. The van der Waals surface area contributed by atoms with E-state index < -0.39 is 0 Å². The van der Waals surface area contributed by atoms with Gasteiger partial charge < -0.3 is 15.1 Å². The van der Waals surface area contributed by atoms with E-state index in [1.165, 1.54) is 11.1 Å². The molecule has 1 atom stereocenters. The van der Waals surface area contributed by atoms with Gasteiger partial charge in [-0.25, -0.2) is 4.98 Å². The van der Waals surface area contributed by atoms with Crippen molar-refractivity contribution in [2.45, 2.75) is 26.4 Å². The first-order chi connectivity index (χ1) is 11.6. The molecule has 2 N–H and O–H groups in total. The minimum atomic E-state index is -0.251. The van der Waals surface area contributed by atoms with Crippen molar-refractivity contribution >= 4 is 22.9 Å². The summed E-state index contributed by atoms with van der Waals surface area (Å²) >= 11 is 1.70. The number of anilines is 1. The van der Waals surface area contributed by atoms with Crippen molar-refractivity contribution in [2.24, 2.45) is 0 Å². The van der Waals surface area contributed by atoms with Gasteiger partial charge in [-0.05, 0) is 43.7 Å². The lowest BCUT2D eigenvalue weighted by atomic mass is 10.2. The number of nitrogens with one attached hydrogen (secondary N) is 2. The van der Waals surface area contributed by atoms with Crippen LogP contribution in [0.3, 0.4) is 0 Å². The highest BCUT2D eigenvalue weighted by Gasteiger charge is 2.10. The summed E-state index contributed by atoms with van der Waals surface area (Å²) in [4.78, 5) is 17.5. The van der Waals surface area contributed by atoms with Gasteiger partial charge in [0.15, 0.2) is 5.76 Å². The second-order valence-corrected chi connectivity index (χ2v) is 6.78. The van der Waals surface area contributed by atoms with Crippen LogP contribution in [0, 0.1) is 6.92 Å². The summed E-state index contributed by atoms with van der Waals surface area (Å²) in [5, 5.41) is 7.39. The van der Waals surface area contributed by atoms with Crippen molar-refractivity contribution in [2.75, 3.05) is 5.32 Å². The smallest absolute Gasteiger partial charge is 0.291 e. The highest BCUT2D eigenvalue weighted by Crippen LogP contribution is 2.20. The second kappa shape index (κ2) is 7.42. The van der Waals surface area contributed by atoms with Gasteiger partial charge in [0, 0.05) is 29.3 Å². The maximum absolute atomic E-state index is 12.0. The molecule has 0 aliphatic carbocycles. The number of nitrogens with zero attached hydrogens (tertiary/aromatic N) is 1. The fraction of sp³-hybridized carbons (Fsp3) is 0.222. The summed E-state index contributed by atoms with van der Waals surface area (Å²) in [5.41, 5.74) is 1.84. The predicted molar refractivity (Wildman–Crippen MR) is 95.2 cm³/mol. The lowest BCUT2D eigenvalue weighted by Crippen LogP contribution is -2.17. The average Bonchev–Trinajstić information content (AvgIpc) is 3.24. The molecular weight excluding hydrogens is 322 g/mol. The quantitative estimate of drug-likeness (QED) is 0.707. The Balaban J connectivity index is 1.60. The number of aromatic nitrogens is 1. The van der Waals surface area contributed by atoms with Crippen LogP contribution in [0.5, 0.6) is 0 Å². The van der Waals surface area contributed by atoms with E-state index in [0.29, 0.717) is 12.3 Å². The zero-order chi connectivity index (χ0) is 16.9. The van der Waals surface area contributed by atoms with Gasteiger partial charge in [-0.2, -0.15) is 0 Å². The molecule has 0 spiro atoms. The van der Waals surface area contributed by atoms with Crippen LogP contribution in [-0.2, 0) is 6.54 Å². The van der Waals surface area contributed by atoms with E-state index >= 15 is 0 Å². The zero-order valence-corrected chi connectivity index (χ0v) is 14.4. The van der Waals surface area contributed by atoms with E-state index in [1.807, 2.05) is 37.4 Å². The van der Waals surface area contributed by atoms with Gasteiger partial charge in [-0.15, -0.1) is 11.3 Å².